The lowest BCUT2D eigenvalue weighted by Gasteiger charge is -2.18. The maximum absolute atomic E-state index is 11.1. The van der Waals surface area contributed by atoms with Gasteiger partial charge in [0.1, 0.15) is 18.1 Å². The molecule has 0 saturated carbocycles. The summed E-state index contributed by atoms with van der Waals surface area (Å²) in [5.74, 6) is -1.57. The minimum Gasteiger partial charge on any atom is -0.497 e. The van der Waals surface area contributed by atoms with Crippen molar-refractivity contribution in [1.29, 1.82) is 0 Å². The lowest BCUT2D eigenvalue weighted by atomic mass is 10.1. The quantitative estimate of drug-likeness (QED) is 0.669. The predicted octanol–water partition coefficient (Wildman–Crippen LogP) is 0.00850. The first kappa shape index (κ1) is 14.8. The number of aliphatic carboxylic acids is 1. The largest absolute Gasteiger partial charge is 0.497 e. The zero-order valence-electron chi connectivity index (χ0n) is 10.5. The van der Waals surface area contributed by atoms with Crippen LogP contribution < -0.4 is 15.2 Å². The summed E-state index contributed by atoms with van der Waals surface area (Å²) in [6.45, 7) is 0.623. The molecule has 0 aliphatic heterocycles. The number of carbonyl (C=O) groups is 2. The second kappa shape index (κ2) is 5.57. The highest BCUT2D eigenvalue weighted by Gasteiger charge is 2.31. The smallest absolute Gasteiger partial charge is 0.339 e. The molecule has 1 aromatic rings. The highest BCUT2D eigenvalue weighted by Crippen LogP contribution is 2.23. The molecule has 0 aliphatic rings. The van der Waals surface area contributed by atoms with Crippen LogP contribution in [0.25, 0.3) is 0 Å². The van der Waals surface area contributed by atoms with Crippen molar-refractivity contribution >= 4 is 11.9 Å². The van der Waals surface area contributed by atoms with Gasteiger partial charge in [-0.2, -0.15) is 0 Å². The van der Waals surface area contributed by atoms with E-state index in [4.69, 9.17) is 20.3 Å². The number of hydrogen-bond acceptors (Lipinski definition) is 5. The molecule has 1 rings (SSSR count). The molecule has 7 nitrogen and oxygen atoms in total. The van der Waals surface area contributed by atoms with E-state index in [0.717, 1.165) is 6.92 Å². The van der Waals surface area contributed by atoms with Gasteiger partial charge in [0.2, 0.25) is 5.91 Å². The Hall–Kier alpha value is -2.28. The summed E-state index contributed by atoms with van der Waals surface area (Å²) in [5, 5.41) is 18.2. The van der Waals surface area contributed by atoms with Crippen LogP contribution in [0, 0.1) is 0 Å². The predicted molar refractivity (Wildman–Crippen MR) is 65.3 cm³/mol. The van der Waals surface area contributed by atoms with Gasteiger partial charge in [0, 0.05) is 11.6 Å². The van der Waals surface area contributed by atoms with Gasteiger partial charge < -0.3 is 25.4 Å². The van der Waals surface area contributed by atoms with E-state index >= 15 is 0 Å². The normalized spacial score (nSPS) is 13.4. The molecule has 0 aliphatic carbocycles. The molecule has 1 amide bonds. The third kappa shape index (κ3) is 3.85. The first-order valence-corrected chi connectivity index (χ1v) is 5.33. The summed E-state index contributed by atoms with van der Waals surface area (Å²) in [5.41, 5.74) is 3.27. The van der Waals surface area contributed by atoms with Crippen LogP contribution in [0.5, 0.6) is 11.5 Å². The first-order chi connectivity index (χ1) is 8.76. The Morgan fingerprint density at radius 2 is 1.89 bits per heavy atom. The Morgan fingerprint density at radius 1 is 1.32 bits per heavy atom. The average molecular weight is 269 g/mol. The monoisotopic (exact) mass is 269 g/mol. The minimum absolute atomic E-state index is 0.157. The zero-order valence-corrected chi connectivity index (χ0v) is 10.5. The van der Waals surface area contributed by atoms with E-state index in [1.54, 1.807) is 0 Å². The topological polar surface area (TPSA) is 119 Å². The summed E-state index contributed by atoms with van der Waals surface area (Å²) in [7, 11) is 1.40. The van der Waals surface area contributed by atoms with E-state index in [2.05, 4.69) is 0 Å². The Morgan fingerprint density at radius 3 is 2.37 bits per heavy atom. The van der Waals surface area contributed by atoms with Crippen molar-refractivity contribution in [3.05, 3.63) is 23.8 Å². The molecule has 1 unspecified atom stereocenters. The van der Waals surface area contributed by atoms with Gasteiger partial charge in [-0.1, -0.05) is 0 Å². The Bertz CT molecular complexity index is 497. The van der Waals surface area contributed by atoms with Crippen LogP contribution in [-0.4, -0.2) is 41.4 Å². The zero-order chi connectivity index (χ0) is 14.6. The fourth-order valence-corrected chi connectivity index (χ4v) is 1.20. The number of carboxylic acid groups (broad SMARTS) is 1. The summed E-state index contributed by atoms with van der Waals surface area (Å²) in [6.07, 6.45) is 0. The van der Waals surface area contributed by atoms with Gasteiger partial charge in [-0.3, -0.25) is 4.79 Å². The molecule has 0 aromatic heterocycles. The maximum Gasteiger partial charge on any atom is 0.339 e. The van der Waals surface area contributed by atoms with Gasteiger partial charge in [-0.25, -0.2) is 4.79 Å². The third-order valence-corrected chi connectivity index (χ3v) is 2.38. The lowest BCUT2D eigenvalue weighted by molar-refractivity contribution is -0.159. The number of hydrogen-bond donors (Lipinski definition) is 3. The van der Waals surface area contributed by atoms with Gasteiger partial charge in [-0.15, -0.1) is 0 Å². The third-order valence-electron chi connectivity index (χ3n) is 2.38. The van der Waals surface area contributed by atoms with Gasteiger partial charge in [0.05, 0.1) is 7.11 Å². The fraction of sp³-hybridized carbons (Fsp3) is 0.333. The molecule has 7 heteroatoms. The van der Waals surface area contributed by atoms with Gasteiger partial charge in [-0.05, 0) is 19.1 Å². The number of aliphatic hydroxyl groups is 1. The van der Waals surface area contributed by atoms with E-state index in [1.807, 2.05) is 0 Å². The Kier molecular flexibility index (Phi) is 4.34. The minimum atomic E-state index is -2.03. The van der Waals surface area contributed by atoms with Crippen molar-refractivity contribution in [2.45, 2.75) is 12.5 Å². The second-order valence-corrected chi connectivity index (χ2v) is 4.13. The van der Waals surface area contributed by atoms with Gasteiger partial charge in [0.25, 0.3) is 0 Å². The fourth-order valence-electron chi connectivity index (χ4n) is 1.20. The SMILES string of the molecule is COc1cc(OCC(C)(O)C(=O)O)cc(C(N)=O)c1. The standard InChI is InChI=1S/C12H15NO6/c1-12(17,11(15)16)6-19-9-4-7(10(13)14)3-8(5-9)18-2/h3-5,17H,6H2,1-2H3,(H2,13,14)(H,15,16). The van der Waals surface area contributed by atoms with Gasteiger partial charge in [0.15, 0.2) is 5.60 Å². The number of amides is 1. The highest BCUT2D eigenvalue weighted by molar-refractivity contribution is 5.93. The number of methoxy groups -OCH3 is 1. The van der Waals surface area contributed by atoms with Crippen LogP contribution in [0.1, 0.15) is 17.3 Å². The van der Waals surface area contributed by atoms with E-state index in [-0.39, 0.29) is 11.3 Å². The highest BCUT2D eigenvalue weighted by atomic mass is 16.5. The summed E-state index contributed by atoms with van der Waals surface area (Å²) < 4.78 is 10.1. The van der Waals surface area contributed by atoms with Crippen LogP contribution >= 0.6 is 0 Å². The van der Waals surface area contributed by atoms with Crippen molar-refractivity contribution in [2.24, 2.45) is 5.73 Å². The molecule has 0 saturated heterocycles. The van der Waals surface area contributed by atoms with Crippen LogP contribution in [0.15, 0.2) is 18.2 Å². The van der Waals surface area contributed by atoms with Gasteiger partial charge >= 0.3 is 5.97 Å². The molecule has 0 fully saturated rings. The molecule has 1 atom stereocenters. The molecule has 0 bridgehead atoms. The van der Waals surface area contributed by atoms with Crippen LogP contribution in [-0.2, 0) is 4.79 Å². The number of nitrogens with two attached hydrogens (primary N) is 1. The van der Waals surface area contributed by atoms with Crippen LogP contribution in [0.4, 0.5) is 0 Å². The molecule has 4 N–H and O–H groups in total. The van der Waals surface area contributed by atoms with E-state index in [9.17, 15) is 14.7 Å². The van der Waals surface area contributed by atoms with Crippen molar-refractivity contribution in [3.8, 4) is 11.5 Å². The summed E-state index contributed by atoms with van der Waals surface area (Å²) >= 11 is 0. The van der Waals surface area contributed by atoms with E-state index in [1.165, 1.54) is 25.3 Å². The second-order valence-electron chi connectivity index (χ2n) is 4.13. The number of primary amides is 1. The molecule has 0 heterocycles. The Balaban J connectivity index is 2.92. The number of carbonyl (C=O) groups excluding carboxylic acids is 1. The first-order valence-electron chi connectivity index (χ1n) is 5.33. The number of benzene rings is 1. The maximum atomic E-state index is 11.1. The molecular weight excluding hydrogens is 254 g/mol. The molecule has 19 heavy (non-hydrogen) atoms. The Labute approximate surface area is 109 Å². The van der Waals surface area contributed by atoms with Crippen molar-refractivity contribution in [1.82, 2.24) is 0 Å². The van der Waals surface area contributed by atoms with Crippen molar-refractivity contribution in [2.75, 3.05) is 13.7 Å². The van der Waals surface area contributed by atoms with Crippen LogP contribution in [0.3, 0.4) is 0 Å². The number of ether oxygens (including phenoxy) is 2. The average Bonchev–Trinajstić information content (AvgIpc) is 2.35. The lowest BCUT2D eigenvalue weighted by Crippen LogP contribution is -2.41. The molecule has 0 spiro atoms. The van der Waals surface area contributed by atoms with Crippen molar-refractivity contribution in [3.63, 3.8) is 0 Å². The number of rotatable bonds is 6. The molecule has 104 valence electrons. The van der Waals surface area contributed by atoms with E-state index < -0.39 is 24.1 Å². The molecular formula is C12H15NO6. The number of carboxylic acids is 1. The van der Waals surface area contributed by atoms with E-state index in [0.29, 0.717) is 5.75 Å². The molecule has 0 radical (unpaired) electrons. The van der Waals surface area contributed by atoms with Crippen LogP contribution in [0.2, 0.25) is 0 Å². The summed E-state index contributed by atoms with van der Waals surface area (Å²) in [4.78, 5) is 21.8. The summed E-state index contributed by atoms with van der Waals surface area (Å²) in [6, 6.07) is 4.21. The van der Waals surface area contributed by atoms with Crippen molar-refractivity contribution < 1.29 is 29.3 Å². The molecule has 1 aromatic carbocycles.